The zero-order valence-corrected chi connectivity index (χ0v) is 12.7. The van der Waals surface area contributed by atoms with E-state index >= 15 is 0 Å². The van der Waals surface area contributed by atoms with Crippen molar-refractivity contribution < 1.29 is 4.39 Å². The Hall–Kier alpha value is -2.84. The van der Waals surface area contributed by atoms with E-state index in [-0.39, 0.29) is 5.82 Å². The molecule has 110 valence electrons. The van der Waals surface area contributed by atoms with E-state index in [9.17, 15) is 4.39 Å². The highest BCUT2D eigenvalue weighted by atomic mass is 32.2. The van der Waals surface area contributed by atoms with Crippen LogP contribution in [0.3, 0.4) is 0 Å². The molecular weight excluding hydrogens is 309 g/mol. The van der Waals surface area contributed by atoms with Crippen molar-refractivity contribution in [2.75, 3.05) is 4.90 Å². The first kappa shape index (κ1) is 13.8. The van der Waals surface area contributed by atoms with Gasteiger partial charge in [-0.25, -0.2) is 9.38 Å². The second kappa shape index (κ2) is 5.41. The van der Waals surface area contributed by atoms with Crippen LogP contribution in [0.4, 0.5) is 10.1 Å². The first-order chi connectivity index (χ1) is 11.3. The van der Waals surface area contributed by atoms with Gasteiger partial charge in [-0.3, -0.25) is 4.90 Å². The van der Waals surface area contributed by atoms with Gasteiger partial charge in [0.1, 0.15) is 5.82 Å². The van der Waals surface area contributed by atoms with Crippen LogP contribution < -0.4 is 4.90 Å². The Kier molecular flexibility index (Phi) is 3.25. The van der Waals surface area contributed by atoms with Gasteiger partial charge in [-0.05, 0) is 54.2 Å². The molecule has 0 aromatic heterocycles. The van der Waals surface area contributed by atoms with Crippen LogP contribution in [0.25, 0.3) is 5.70 Å². The summed E-state index contributed by atoms with van der Waals surface area (Å²) in [5.41, 5.74) is 3.32. The predicted molar refractivity (Wildman–Crippen MR) is 90.3 cm³/mol. The Morgan fingerprint density at radius 3 is 2.70 bits per heavy atom. The number of nitriles is 1. The number of allylic oxidation sites excluding steroid dienone is 2. The summed E-state index contributed by atoms with van der Waals surface area (Å²) in [6.07, 6.45) is 3.35. The maximum atomic E-state index is 13.1. The lowest BCUT2D eigenvalue weighted by molar-refractivity contribution is 0.627. The molecule has 0 bridgehead atoms. The molecule has 0 spiro atoms. The number of halogens is 1. The molecule has 2 heterocycles. The largest absolute Gasteiger partial charge is 0.287 e. The summed E-state index contributed by atoms with van der Waals surface area (Å²) in [5, 5.41) is 9.90. The Labute approximate surface area is 137 Å². The highest BCUT2D eigenvalue weighted by molar-refractivity contribution is 8.14. The van der Waals surface area contributed by atoms with Gasteiger partial charge < -0.3 is 0 Å². The Balaban J connectivity index is 1.83. The Morgan fingerprint density at radius 2 is 1.91 bits per heavy atom. The average Bonchev–Trinajstić information content (AvgIpc) is 2.94. The Bertz CT molecular complexity index is 920. The van der Waals surface area contributed by atoms with Gasteiger partial charge in [0.25, 0.3) is 0 Å². The number of thioether (sulfide) groups is 1. The molecule has 5 heteroatoms. The van der Waals surface area contributed by atoms with E-state index in [2.05, 4.69) is 11.1 Å². The van der Waals surface area contributed by atoms with Gasteiger partial charge in [0.05, 0.1) is 23.2 Å². The van der Waals surface area contributed by atoms with Crippen LogP contribution in [0.2, 0.25) is 0 Å². The molecule has 0 saturated heterocycles. The standard InChI is InChI=1S/C18H10FN3S/c19-13-7-5-12(6-8-13)15-11-14(9-10-20)22-16-3-1-2-4-17(16)23-18(22)21-15/h1-9,11H/b14-9+. The van der Waals surface area contributed by atoms with E-state index in [1.54, 1.807) is 23.9 Å². The molecule has 0 aliphatic carbocycles. The van der Waals surface area contributed by atoms with Gasteiger partial charge in [0.15, 0.2) is 5.17 Å². The number of aliphatic imine (C=N–C) groups is 1. The third kappa shape index (κ3) is 2.33. The molecule has 0 radical (unpaired) electrons. The quantitative estimate of drug-likeness (QED) is 0.724. The second-order valence-corrected chi connectivity index (χ2v) is 6.04. The SMILES string of the molecule is N#C/C=C1\C=C(c2ccc(F)cc2)N=C2Sc3ccccc3N21. The fraction of sp³-hybridized carbons (Fsp3) is 0. The van der Waals surface area contributed by atoms with Crippen LogP contribution in [0.5, 0.6) is 0 Å². The van der Waals surface area contributed by atoms with Gasteiger partial charge in [-0.2, -0.15) is 5.26 Å². The third-order valence-corrected chi connectivity index (χ3v) is 4.63. The highest BCUT2D eigenvalue weighted by Crippen LogP contribution is 2.45. The first-order valence-electron chi connectivity index (χ1n) is 6.99. The maximum absolute atomic E-state index is 13.1. The molecule has 23 heavy (non-hydrogen) atoms. The van der Waals surface area contributed by atoms with E-state index in [1.165, 1.54) is 18.2 Å². The van der Waals surface area contributed by atoms with E-state index in [4.69, 9.17) is 5.26 Å². The van der Waals surface area contributed by atoms with Crippen molar-refractivity contribution in [3.05, 3.63) is 77.8 Å². The van der Waals surface area contributed by atoms with Gasteiger partial charge >= 0.3 is 0 Å². The summed E-state index contributed by atoms with van der Waals surface area (Å²) in [6, 6.07) is 16.3. The summed E-state index contributed by atoms with van der Waals surface area (Å²) in [4.78, 5) is 7.75. The number of anilines is 1. The van der Waals surface area contributed by atoms with Gasteiger partial charge in [0.2, 0.25) is 0 Å². The second-order valence-electron chi connectivity index (χ2n) is 5.03. The molecule has 0 amide bonds. The van der Waals surface area contributed by atoms with Crippen molar-refractivity contribution in [2.24, 2.45) is 4.99 Å². The van der Waals surface area contributed by atoms with E-state index < -0.39 is 0 Å². The number of amidine groups is 1. The van der Waals surface area contributed by atoms with Gasteiger partial charge in [-0.1, -0.05) is 12.1 Å². The number of hydrogen-bond acceptors (Lipinski definition) is 4. The van der Waals surface area contributed by atoms with E-state index in [0.29, 0.717) is 0 Å². The van der Waals surface area contributed by atoms with Crippen LogP contribution >= 0.6 is 11.8 Å². The number of para-hydroxylation sites is 1. The molecular formula is C18H10FN3S. The van der Waals surface area contributed by atoms with Crippen LogP contribution in [-0.2, 0) is 0 Å². The first-order valence-corrected chi connectivity index (χ1v) is 7.81. The molecule has 2 aliphatic rings. The minimum atomic E-state index is -0.283. The lowest BCUT2D eigenvalue weighted by Crippen LogP contribution is -2.25. The molecule has 2 aromatic carbocycles. The summed E-state index contributed by atoms with van der Waals surface area (Å²) in [5.74, 6) is -0.283. The number of fused-ring (bicyclic) bond motifs is 3. The van der Waals surface area contributed by atoms with Crippen molar-refractivity contribution in [1.29, 1.82) is 5.26 Å². The van der Waals surface area contributed by atoms with Crippen molar-refractivity contribution >= 4 is 28.3 Å². The minimum absolute atomic E-state index is 0.283. The zero-order valence-electron chi connectivity index (χ0n) is 11.9. The number of hydrogen-bond donors (Lipinski definition) is 0. The summed E-state index contributed by atoms with van der Waals surface area (Å²) in [7, 11) is 0. The number of benzene rings is 2. The highest BCUT2D eigenvalue weighted by Gasteiger charge is 2.31. The van der Waals surface area contributed by atoms with Crippen LogP contribution in [0, 0.1) is 17.1 Å². The third-order valence-electron chi connectivity index (χ3n) is 3.61. The lowest BCUT2D eigenvalue weighted by Gasteiger charge is -2.24. The van der Waals surface area contributed by atoms with Crippen LogP contribution in [0.15, 0.2) is 76.3 Å². The fourth-order valence-electron chi connectivity index (χ4n) is 2.58. The molecule has 2 aliphatic heterocycles. The number of rotatable bonds is 1. The van der Waals surface area contributed by atoms with Crippen LogP contribution in [-0.4, -0.2) is 5.17 Å². The predicted octanol–water partition coefficient (Wildman–Crippen LogP) is 4.56. The average molecular weight is 319 g/mol. The monoisotopic (exact) mass is 319 g/mol. The zero-order chi connectivity index (χ0) is 15.8. The molecule has 0 atom stereocenters. The summed E-state index contributed by atoms with van der Waals surface area (Å²) in [6.45, 7) is 0. The molecule has 0 unspecified atom stereocenters. The van der Waals surface area contributed by atoms with Crippen molar-refractivity contribution in [3.63, 3.8) is 0 Å². The normalized spacial score (nSPS) is 17.2. The summed E-state index contributed by atoms with van der Waals surface area (Å²) < 4.78 is 13.1. The van der Waals surface area contributed by atoms with Crippen LogP contribution in [0.1, 0.15) is 5.56 Å². The lowest BCUT2D eigenvalue weighted by atomic mass is 10.1. The molecule has 4 rings (SSSR count). The van der Waals surface area contributed by atoms with E-state index in [0.717, 1.165) is 32.7 Å². The summed E-state index contributed by atoms with van der Waals surface area (Å²) >= 11 is 1.56. The van der Waals surface area contributed by atoms with Crippen molar-refractivity contribution in [3.8, 4) is 6.07 Å². The van der Waals surface area contributed by atoms with Gasteiger partial charge in [0, 0.05) is 16.5 Å². The minimum Gasteiger partial charge on any atom is -0.287 e. The molecule has 0 fully saturated rings. The van der Waals surface area contributed by atoms with Gasteiger partial charge in [-0.15, -0.1) is 0 Å². The molecule has 0 N–H and O–H groups in total. The van der Waals surface area contributed by atoms with Crippen molar-refractivity contribution in [1.82, 2.24) is 0 Å². The fourth-order valence-corrected chi connectivity index (χ4v) is 3.62. The smallest absolute Gasteiger partial charge is 0.178 e. The molecule has 2 aromatic rings. The number of nitrogens with zero attached hydrogens (tertiary/aromatic N) is 3. The van der Waals surface area contributed by atoms with Crippen molar-refractivity contribution in [2.45, 2.75) is 4.90 Å². The molecule has 0 saturated carbocycles. The maximum Gasteiger partial charge on any atom is 0.178 e. The molecule has 3 nitrogen and oxygen atoms in total. The Morgan fingerprint density at radius 1 is 1.13 bits per heavy atom. The van der Waals surface area contributed by atoms with E-state index in [1.807, 2.05) is 35.2 Å². The topological polar surface area (TPSA) is 39.4 Å².